The second-order valence-corrected chi connectivity index (χ2v) is 7.18. The molecule has 1 heterocycles. The van der Waals surface area contributed by atoms with Crippen molar-refractivity contribution < 1.29 is 4.74 Å². The number of rotatable bonds is 4. The van der Waals surface area contributed by atoms with Crippen molar-refractivity contribution in [3.05, 3.63) is 24.3 Å². The monoisotopic (exact) mass is 316 g/mol. The van der Waals surface area contributed by atoms with Crippen LogP contribution < -0.4 is 10.1 Å². The SMILES string of the molecule is COc1ccc(NC2CCN(C3CCCCCCC3)CC2)cc1. The van der Waals surface area contributed by atoms with Gasteiger partial charge in [-0.15, -0.1) is 0 Å². The van der Waals surface area contributed by atoms with E-state index in [-0.39, 0.29) is 0 Å². The van der Waals surface area contributed by atoms with E-state index in [1.165, 1.54) is 76.6 Å². The van der Waals surface area contributed by atoms with E-state index in [2.05, 4.69) is 22.3 Å². The van der Waals surface area contributed by atoms with Gasteiger partial charge in [-0.2, -0.15) is 0 Å². The lowest BCUT2D eigenvalue weighted by Crippen LogP contribution is -2.44. The maximum Gasteiger partial charge on any atom is 0.119 e. The summed E-state index contributed by atoms with van der Waals surface area (Å²) in [5.74, 6) is 0.926. The summed E-state index contributed by atoms with van der Waals surface area (Å²) in [4.78, 5) is 2.78. The molecule has 23 heavy (non-hydrogen) atoms. The van der Waals surface area contributed by atoms with Gasteiger partial charge >= 0.3 is 0 Å². The fourth-order valence-electron chi connectivity index (χ4n) is 4.13. The first-order valence-corrected chi connectivity index (χ1v) is 9.50. The van der Waals surface area contributed by atoms with Crippen LogP contribution in [0.2, 0.25) is 0 Å². The average molecular weight is 316 g/mol. The Hall–Kier alpha value is -1.22. The van der Waals surface area contributed by atoms with Crippen molar-refractivity contribution in [2.75, 3.05) is 25.5 Å². The third kappa shape index (κ3) is 4.87. The third-order valence-corrected chi connectivity index (χ3v) is 5.58. The van der Waals surface area contributed by atoms with Crippen molar-refractivity contribution in [1.29, 1.82) is 0 Å². The summed E-state index contributed by atoms with van der Waals surface area (Å²) in [6.07, 6.45) is 12.6. The third-order valence-electron chi connectivity index (χ3n) is 5.58. The van der Waals surface area contributed by atoms with Gasteiger partial charge in [0.25, 0.3) is 0 Å². The van der Waals surface area contributed by atoms with Crippen molar-refractivity contribution in [2.24, 2.45) is 0 Å². The minimum Gasteiger partial charge on any atom is -0.497 e. The van der Waals surface area contributed by atoms with Crippen molar-refractivity contribution in [3.63, 3.8) is 0 Å². The Morgan fingerprint density at radius 2 is 1.48 bits per heavy atom. The van der Waals surface area contributed by atoms with E-state index in [0.717, 1.165) is 11.8 Å². The number of nitrogens with zero attached hydrogens (tertiary/aromatic N) is 1. The van der Waals surface area contributed by atoms with E-state index < -0.39 is 0 Å². The number of piperidine rings is 1. The molecule has 2 fully saturated rings. The maximum atomic E-state index is 5.23. The molecule has 3 heteroatoms. The summed E-state index contributed by atoms with van der Waals surface area (Å²) in [7, 11) is 1.72. The summed E-state index contributed by atoms with van der Waals surface area (Å²) in [5, 5.41) is 3.70. The van der Waals surface area contributed by atoms with E-state index in [1.807, 2.05) is 12.1 Å². The Morgan fingerprint density at radius 1 is 0.870 bits per heavy atom. The van der Waals surface area contributed by atoms with Gasteiger partial charge in [-0.05, 0) is 49.9 Å². The van der Waals surface area contributed by atoms with Gasteiger partial charge in [-0.25, -0.2) is 0 Å². The zero-order valence-corrected chi connectivity index (χ0v) is 14.6. The van der Waals surface area contributed by atoms with Gasteiger partial charge in [0.2, 0.25) is 0 Å². The Balaban J connectivity index is 1.45. The molecule has 1 aromatic rings. The molecule has 0 spiro atoms. The molecule has 0 amide bonds. The minimum absolute atomic E-state index is 0.619. The first kappa shape index (κ1) is 16.6. The van der Waals surface area contributed by atoms with E-state index >= 15 is 0 Å². The van der Waals surface area contributed by atoms with Crippen LogP contribution >= 0.6 is 0 Å². The molecular weight excluding hydrogens is 284 g/mol. The van der Waals surface area contributed by atoms with Crippen LogP contribution in [0.5, 0.6) is 5.75 Å². The van der Waals surface area contributed by atoms with E-state index in [0.29, 0.717) is 6.04 Å². The number of benzene rings is 1. The van der Waals surface area contributed by atoms with Crippen LogP contribution in [-0.4, -0.2) is 37.2 Å². The molecule has 0 radical (unpaired) electrons. The molecule has 0 atom stereocenters. The zero-order valence-electron chi connectivity index (χ0n) is 14.6. The van der Waals surface area contributed by atoms with Crippen molar-refractivity contribution in [3.8, 4) is 5.75 Å². The highest BCUT2D eigenvalue weighted by molar-refractivity contribution is 5.47. The summed E-state index contributed by atoms with van der Waals surface area (Å²) in [6.45, 7) is 2.52. The predicted octanol–water partition coefficient (Wildman–Crippen LogP) is 4.68. The molecule has 0 unspecified atom stereocenters. The summed E-state index contributed by atoms with van der Waals surface area (Å²) in [5.41, 5.74) is 1.22. The highest BCUT2D eigenvalue weighted by Crippen LogP contribution is 2.25. The number of methoxy groups -OCH3 is 1. The van der Waals surface area contributed by atoms with Crippen molar-refractivity contribution >= 4 is 5.69 Å². The Kier molecular flexibility index (Phi) is 6.21. The second-order valence-electron chi connectivity index (χ2n) is 7.18. The normalized spacial score (nSPS) is 22.3. The molecule has 1 saturated heterocycles. The van der Waals surface area contributed by atoms with Crippen LogP contribution in [0.1, 0.15) is 57.8 Å². The number of hydrogen-bond donors (Lipinski definition) is 1. The molecule has 128 valence electrons. The molecule has 3 rings (SSSR count). The van der Waals surface area contributed by atoms with Gasteiger partial charge < -0.3 is 15.0 Å². The first-order chi connectivity index (χ1) is 11.3. The molecule has 3 nitrogen and oxygen atoms in total. The molecule has 0 aromatic heterocycles. The Labute approximate surface area is 141 Å². The number of anilines is 1. The Morgan fingerprint density at radius 3 is 2.09 bits per heavy atom. The van der Waals surface area contributed by atoms with Crippen LogP contribution in [-0.2, 0) is 0 Å². The molecule has 1 aliphatic heterocycles. The molecular formula is C20H32N2O. The predicted molar refractivity (Wildman–Crippen MR) is 97.3 cm³/mol. The van der Waals surface area contributed by atoms with Crippen LogP contribution in [0.4, 0.5) is 5.69 Å². The van der Waals surface area contributed by atoms with Gasteiger partial charge in [0, 0.05) is 30.9 Å². The van der Waals surface area contributed by atoms with Gasteiger partial charge in [0.15, 0.2) is 0 Å². The van der Waals surface area contributed by atoms with Gasteiger partial charge in [0.1, 0.15) is 5.75 Å². The smallest absolute Gasteiger partial charge is 0.119 e. The molecule has 1 N–H and O–H groups in total. The van der Waals surface area contributed by atoms with Crippen LogP contribution in [0.3, 0.4) is 0 Å². The number of hydrogen-bond acceptors (Lipinski definition) is 3. The number of likely N-dealkylation sites (tertiary alicyclic amines) is 1. The van der Waals surface area contributed by atoms with Gasteiger partial charge in [0.05, 0.1) is 7.11 Å². The molecule has 1 aromatic carbocycles. The van der Waals surface area contributed by atoms with Crippen LogP contribution in [0, 0.1) is 0 Å². The fourth-order valence-corrected chi connectivity index (χ4v) is 4.13. The van der Waals surface area contributed by atoms with Gasteiger partial charge in [-0.1, -0.05) is 32.1 Å². The molecule has 0 bridgehead atoms. The van der Waals surface area contributed by atoms with Crippen LogP contribution in [0.25, 0.3) is 0 Å². The average Bonchev–Trinajstić information content (AvgIpc) is 2.56. The fraction of sp³-hybridized carbons (Fsp3) is 0.700. The first-order valence-electron chi connectivity index (χ1n) is 9.50. The highest BCUT2D eigenvalue weighted by Gasteiger charge is 2.25. The molecule has 2 aliphatic rings. The second kappa shape index (κ2) is 8.58. The topological polar surface area (TPSA) is 24.5 Å². The minimum atomic E-state index is 0.619. The van der Waals surface area contributed by atoms with E-state index in [4.69, 9.17) is 4.74 Å². The lowest BCUT2D eigenvalue weighted by Gasteiger charge is -2.39. The summed E-state index contributed by atoms with van der Waals surface area (Å²) in [6, 6.07) is 9.79. The lowest BCUT2D eigenvalue weighted by molar-refractivity contribution is 0.133. The molecule has 1 aliphatic carbocycles. The van der Waals surface area contributed by atoms with Crippen molar-refractivity contribution in [1.82, 2.24) is 4.90 Å². The number of ether oxygens (including phenoxy) is 1. The van der Waals surface area contributed by atoms with Gasteiger partial charge in [-0.3, -0.25) is 0 Å². The lowest BCUT2D eigenvalue weighted by atomic mass is 9.93. The standard InChI is InChI=1S/C20H32N2O/c1-23-20-11-9-17(10-12-20)21-18-13-15-22(16-14-18)19-7-5-3-2-4-6-8-19/h9-12,18-19,21H,2-8,13-16H2,1H3. The number of nitrogens with one attached hydrogen (secondary N) is 1. The molecule has 1 saturated carbocycles. The quantitative estimate of drug-likeness (QED) is 0.872. The van der Waals surface area contributed by atoms with Crippen LogP contribution in [0.15, 0.2) is 24.3 Å². The zero-order chi connectivity index (χ0) is 15.9. The Bertz CT molecular complexity index is 443. The largest absolute Gasteiger partial charge is 0.497 e. The van der Waals surface area contributed by atoms with E-state index in [1.54, 1.807) is 7.11 Å². The summed E-state index contributed by atoms with van der Waals surface area (Å²) < 4.78 is 5.23. The highest BCUT2D eigenvalue weighted by atomic mass is 16.5. The summed E-state index contributed by atoms with van der Waals surface area (Å²) >= 11 is 0. The maximum absolute atomic E-state index is 5.23. The van der Waals surface area contributed by atoms with E-state index in [9.17, 15) is 0 Å². The van der Waals surface area contributed by atoms with Crippen molar-refractivity contribution in [2.45, 2.75) is 69.9 Å².